The molecule has 1 aromatic carbocycles. The number of aryl methyl sites for hydroxylation is 2. The number of aromatic nitrogens is 2. The van der Waals surface area contributed by atoms with Crippen molar-refractivity contribution in [3.05, 3.63) is 47.8 Å². The van der Waals surface area contributed by atoms with Crippen molar-refractivity contribution >= 4 is 16.7 Å². The number of hydrogen-bond acceptors (Lipinski definition) is 1. The van der Waals surface area contributed by atoms with E-state index < -0.39 is 0 Å². The van der Waals surface area contributed by atoms with Crippen LogP contribution in [0.2, 0.25) is 0 Å². The largest absolute Gasteiger partial charge is 0.297 e. The van der Waals surface area contributed by atoms with Crippen molar-refractivity contribution in [2.45, 2.75) is 27.2 Å². The highest BCUT2D eigenvalue weighted by atomic mass is 15.1. The summed E-state index contributed by atoms with van der Waals surface area (Å²) in [5.41, 5.74) is 4.81. The van der Waals surface area contributed by atoms with Crippen molar-refractivity contribution in [1.29, 1.82) is 0 Å². The maximum atomic E-state index is 4.64. The lowest BCUT2D eigenvalue weighted by molar-refractivity contribution is 0.734. The molecular weight excluding hydrogens is 220 g/mol. The second-order valence-electron chi connectivity index (χ2n) is 5.19. The minimum absolute atomic E-state index is 0.644. The number of benzene rings is 1. The first-order chi connectivity index (χ1) is 8.65. The molecule has 0 radical (unpaired) electrons. The molecule has 0 N–H and O–H groups in total. The molecule has 1 atom stereocenters. The van der Waals surface area contributed by atoms with Crippen molar-refractivity contribution in [3.8, 4) is 0 Å². The number of fused-ring (bicyclic) bond motifs is 1. The Morgan fingerprint density at radius 3 is 2.83 bits per heavy atom. The molecule has 0 aliphatic heterocycles. The maximum Gasteiger partial charge on any atom is 0.111 e. The summed E-state index contributed by atoms with van der Waals surface area (Å²) in [7, 11) is 0. The normalized spacial score (nSPS) is 19.3. The van der Waals surface area contributed by atoms with Gasteiger partial charge in [-0.3, -0.25) is 4.57 Å². The predicted octanol–water partition coefficient (Wildman–Crippen LogP) is 4.09. The van der Waals surface area contributed by atoms with Gasteiger partial charge < -0.3 is 0 Å². The third-order valence-corrected chi connectivity index (χ3v) is 3.53. The molecule has 0 amide bonds. The highest BCUT2D eigenvalue weighted by Gasteiger charge is 2.12. The summed E-state index contributed by atoms with van der Waals surface area (Å²) in [6.07, 6.45) is 7.90. The molecule has 2 heteroatoms. The van der Waals surface area contributed by atoms with Gasteiger partial charge in [0.25, 0.3) is 0 Å². The first kappa shape index (κ1) is 11.3. The molecule has 1 heterocycles. The Morgan fingerprint density at radius 2 is 2.11 bits per heavy atom. The van der Waals surface area contributed by atoms with Gasteiger partial charge in [0.15, 0.2) is 0 Å². The molecule has 1 aliphatic rings. The fourth-order valence-electron chi connectivity index (χ4n) is 2.51. The molecule has 0 spiro atoms. The van der Waals surface area contributed by atoms with Crippen molar-refractivity contribution in [3.63, 3.8) is 0 Å². The maximum absolute atomic E-state index is 4.64. The molecule has 0 saturated heterocycles. The van der Waals surface area contributed by atoms with Crippen molar-refractivity contribution in [2.24, 2.45) is 5.92 Å². The monoisotopic (exact) mass is 238 g/mol. The standard InChI is InChI=1S/C16H18N2/c1-11-4-7-14(8-5-11)18-13(3)17-15-9-6-12(2)10-16(15)18/h4,6-11H,5H2,1-3H3. The third kappa shape index (κ3) is 1.78. The molecule has 2 aromatic rings. The lowest BCUT2D eigenvalue weighted by Gasteiger charge is -2.14. The third-order valence-electron chi connectivity index (χ3n) is 3.53. The van der Waals surface area contributed by atoms with E-state index in [1.165, 1.54) is 16.8 Å². The van der Waals surface area contributed by atoms with E-state index in [1.54, 1.807) is 0 Å². The summed E-state index contributed by atoms with van der Waals surface area (Å²) in [5, 5.41) is 0. The Hall–Kier alpha value is -1.83. The first-order valence-corrected chi connectivity index (χ1v) is 6.49. The lowest BCUT2D eigenvalue weighted by atomic mass is 10.0. The van der Waals surface area contributed by atoms with Crippen molar-refractivity contribution < 1.29 is 0 Å². The lowest BCUT2D eigenvalue weighted by Crippen LogP contribution is -2.02. The quantitative estimate of drug-likeness (QED) is 0.731. The SMILES string of the molecule is Cc1ccc2nc(C)n(C3=CCC(C)C=C3)c2c1. The van der Waals surface area contributed by atoms with Gasteiger partial charge in [0.2, 0.25) is 0 Å². The molecule has 2 nitrogen and oxygen atoms in total. The number of allylic oxidation sites excluding steroid dienone is 4. The second-order valence-corrected chi connectivity index (χ2v) is 5.19. The van der Waals surface area contributed by atoms with Crippen LogP contribution >= 0.6 is 0 Å². The Labute approximate surface area is 108 Å². The van der Waals surface area contributed by atoms with Gasteiger partial charge in [-0.25, -0.2) is 4.98 Å². The van der Waals surface area contributed by atoms with Crippen molar-refractivity contribution in [2.75, 3.05) is 0 Å². The molecule has 92 valence electrons. The van der Waals surface area contributed by atoms with Crippen LogP contribution in [0.3, 0.4) is 0 Å². The zero-order chi connectivity index (χ0) is 12.7. The van der Waals surface area contributed by atoms with Gasteiger partial charge in [-0.15, -0.1) is 0 Å². The van der Waals surface area contributed by atoms with Gasteiger partial charge in [0, 0.05) is 5.70 Å². The molecule has 1 aliphatic carbocycles. The number of nitrogens with zero attached hydrogens (tertiary/aromatic N) is 2. The number of imidazole rings is 1. The molecule has 3 rings (SSSR count). The Bertz CT molecular complexity index is 659. The summed E-state index contributed by atoms with van der Waals surface area (Å²) in [5.74, 6) is 1.70. The van der Waals surface area contributed by atoms with Gasteiger partial charge in [0.05, 0.1) is 11.0 Å². The van der Waals surface area contributed by atoms with Gasteiger partial charge in [-0.2, -0.15) is 0 Å². The van der Waals surface area contributed by atoms with Crippen LogP contribution in [-0.2, 0) is 0 Å². The Kier molecular flexibility index (Phi) is 2.58. The van der Waals surface area contributed by atoms with Crippen LogP contribution in [0.1, 0.15) is 24.7 Å². The van der Waals surface area contributed by atoms with E-state index in [2.05, 4.69) is 66.7 Å². The fraction of sp³-hybridized carbons (Fsp3) is 0.312. The predicted molar refractivity (Wildman–Crippen MR) is 76.4 cm³/mol. The van der Waals surface area contributed by atoms with Gasteiger partial charge >= 0.3 is 0 Å². The van der Waals surface area contributed by atoms with E-state index in [0.29, 0.717) is 5.92 Å². The van der Waals surface area contributed by atoms with Crippen molar-refractivity contribution in [1.82, 2.24) is 9.55 Å². The first-order valence-electron chi connectivity index (χ1n) is 6.49. The molecular formula is C16H18N2. The summed E-state index contributed by atoms with van der Waals surface area (Å²) >= 11 is 0. The van der Waals surface area contributed by atoms with Gasteiger partial charge in [-0.1, -0.05) is 25.1 Å². The average molecular weight is 238 g/mol. The van der Waals surface area contributed by atoms with E-state index in [1.807, 2.05) is 0 Å². The van der Waals surface area contributed by atoms with E-state index in [0.717, 1.165) is 17.8 Å². The van der Waals surface area contributed by atoms with E-state index in [-0.39, 0.29) is 0 Å². The van der Waals surface area contributed by atoms with Crippen LogP contribution in [0.4, 0.5) is 0 Å². The zero-order valence-electron chi connectivity index (χ0n) is 11.1. The second kappa shape index (κ2) is 4.13. The van der Waals surface area contributed by atoms with Gasteiger partial charge in [-0.05, 0) is 50.0 Å². The van der Waals surface area contributed by atoms with E-state index in [9.17, 15) is 0 Å². The minimum Gasteiger partial charge on any atom is -0.297 e. The van der Waals surface area contributed by atoms with Crippen LogP contribution in [0.5, 0.6) is 0 Å². The topological polar surface area (TPSA) is 17.8 Å². The Balaban J connectivity index is 2.20. The van der Waals surface area contributed by atoms with Gasteiger partial charge in [0.1, 0.15) is 5.82 Å². The van der Waals surface area contributed by atoms with Crippen LogP contribution in [-0.4, -0.2) is 9.55 Å². The smallest absolute Gasteiger partial charge is 0.111 e. The molecule has 1 unspecified atom stereocenters. The van der Waals surface area contributed by atoms with Crippen LogP contribution < -0.4 is 0 Å². The highest BCUT2D eigenvalue weighted by molar-refractivity contribution is 5.82. The highest BCUT2D eigenvalue weighted by Crippen LogP contribution is 2.26. The number of rotatable bonds is 1. The number of hydrogen-bond donors (Lipinski definition) is 0. The molecule has 1 aromatic heterocycles. The van der Waals surface area contributed by atoms with Crippen LogP contribution in [0, 0.1) is 19.8 Å². The molecule has 0 fully saturated rings. The van der Waals surface area contributed by atoms with E-state index in [4.69, 9.17) is 0 Å². The molecule has 0 bridgehead atoms. The molecule has 0 saturated carbocycles. The van der Waals surface area contributed by atoms with E-state index >= 15 is 0 Å². The summed E-state index contributed by atoms with van der Waals surface area (Å²) in [6, 6.07) is 6.43. The molecule has 18 heavy (non-hydrogen) atoms. The Morgan fingerprint density at radius 1 is 1.28 bits per heavy atom. The zero-order valence-corrected chi connectivity index (χ0v) is 11.1. The van der Waals surface area contributed by atoms with Crippen LogP contribution in [0.15, 0.2) is 36.4 Å². The van der Waals surface area contributed by atoms with Crippen LogP contribution in [0.25, 0.3) is 16.7 Å². The average Bonchev–Trinajstić information content (AvgIpc) is 2.66. The summed E-state index contributed by atoms with van der Waals surface area (Å²) in [4.78, 5) is 4.64. The fourth-order valence-corrected chi connectivity index (χ4v) is 2.51. The minimum atomic E-state index is 0.644. The summed E-state index contributed by atoms with van der Waals surface area (Å²) < 4.78 is 2.25. The summed E-state index contributed by atoms with van der Waals surface area (Å²) in [6.45, 7) is 6.44.